The van der Waals surface area contributed by atoms with Crippen molar-refractivity contribution in [2.45, 2.75) is 18.9 Å². The molecule has 1 aromatic carbocycles. The van der Waals surface area contributed by atoms with E-state index in [1.54, 1.807) is 0 Å². The fourth-order valence-corrected chi connectivity index (χ4v) is 2.29. The van der Waals surface area contributed by atoms with Crippen molar-refractivity contribution in [1.29, 1.82) is 5.26 Å². The number of allylic oxidation sites excluding steroid dienone is 1. The molecular weight excluding hydrogens is 334 g/mol. The molecule has 0 saturated carbocycles. The fourth-order valence-electron chi connectivity index (χ4n) is 2.29. The molecule has 0 amide bonds. The summed E-state index contributed by atoms with van der Waals surface area (Å²) in [6, 6.07) is 4.02. The predicted molar refractivity (Wildman–Crippen MR) is 82.2 cm³/mol. The van der Waals surface area contributed by atoms with Gasteiger partial charge in [-0.2, -0.15) is 10.5 Å². The lowest BCUT2D eigenvalue weighted by Gasteiger charge is -2.23. The van der Waals surface area contributed by atoms with Gasteiger partial charge in [-0.25, -0.2) is 8.78 Å². The third kappa shape index (κ3) is 4.07. The van der Waals surface area contributed by atoms with Crippen LogP contribution in [0.1, 0.15) is 18.7 Å². The molecule has 1 aliphatic rings. The van der Waals surface area contributed by atoms with E-state index < -0.39 is 17.4 Å². The maximum Gasteiger partial charge on any atom is 0.216 e. The van der Waals surface area contributed by atoms with E-state index in [9.17, 15) is 8.78 Å². The third-order valence-corrected chi connectivity index (χ3v) is 3.54. The van der Waals surface area contributed by atoms with Crippen LogP contribution in [-0.4, -0.2) is 39.9 Å². The summed E-state index contributed by atoms with van der Waals surface area (Å²) in [5, 5.41) is 24.6. The number of halogens is 2. The van der Waals surface area contributed by atoms with Crippen LogP contribution in [0.15, 0.2) is 18.3 Å². The number of rotatable bonds is 5. The van der Waals surface area contributed by atoms with E-state index >= 15 is 0 Å². The van der Waals surface area contributed by atoms with E-state index in [0.29, 0.717) is 26.1 Å². The number of anilines is 1. The zero-order chi connectivity index (χ0) is 17.6. The molecule has 2 aromatic rings. The lowest BCUT2D eigenvalue weighted by atomic mass is 10.1. The molecule has 0 atom stereocenters. The third-order valence-electron chi connectivity index (χ3n) is 3.54. The maximum absolute atomic E-state index is 14.2. The summed E-state index contributed by atoms with van der Waals surface area (Å²) in [4.78, 5) is 0. The summed E-state index contributed by atoms with van der Waals surface area (Å²) in [6.07, 6.45) is 2.12. The standard InChI is InChI=1S/C15H14F2N6O2/c16-12-5-10(19-8-9(7-18)15-20-22-23-21-15)6-13(17)14(12)25-11-1-3-24-4-2-11/h5-6,8,11,19H,1-4H2,(H,20,21,22,23). The van der Waals surface area contributed by atoms with Gasteiger partial charge in [0, 0.05) is 36.9 Å². The number of hydrogen-bond donors (Lipinski definition) is 2. The number of hydrogen-bond acceptors (Lipinski definition) is 7. The van der Waals surface area contributed by atoms with Crippen LogP contribution >= 0.6 is 0 Å². The van der Waals surface area contributed by atoms with Crippen molar-refractivity contribution in [3.05, 3.63) is 35.8 Å². The minimum Gasteiger partial charge on any atom is -0.484 e. The molecule has 0 radical (unpaired) electrons. The molecule has 2 heterocycles. The number of tetrazole rings is 1. The summed E-state index contributed by atoms with van der Waals surface area (Å²) < 4.78 is 39.0. The van der Waals surface area contributed by atoms with Crippen LogP contribution in [0.3, 0.4) is 0 Å². The zero-order valence-electron chi connectivity index (χ0n) is 13.0. The van der Waals surface area contributed by atoms with Gasteiger partial charge in [-0.1, -0.05) is 0 Å². The smallest absolute Gasteiger partial charge is 0.216 e. The molecule has 1 aliphatic heterocycles. The van der Waals surface area contributed by atoms with E-state index in [0.717, 1.165) is 12.1 Å². The highest BCUT2D eigenvalue weighted by Crippen LogP contribution is 2.28. The number of H-pyrrole nitrogens is 1. The second kappa shape index (κ2) is 7.67. The van der Waals surface area contributed by atoms with Gasteiger partial charge < -0.3 is 14.8 Å². The molecule has 1 fully saturated rings. The molecule has 25 heavy (non-hydrogen) atoms. The van der Waals surface area contributed by atoms with E-state index in [1.807, 2.05) is 6.07 Å². The molecule has 0 bridgehead atoms. The first-order valence-electron chi connectivity index (χ1n) is 7.51. The van der Waals surface area contributed by atoms with Crippen LogP contribution < -0.4 is 10.1 Å². The molecule has 10 heteroatoms. The van der Waals surface area contributed by atoms with E-state index in [1.165, 1.54) is 6.20 Å². The van der Waals surface area contributed by atoms with Crippen molar-refractivity contribution in [3.63, 3.8) is 0 Å². The number of benzene rings is 1. The monoisotopic (exact) mass is 348 g/mol. The SMILES string of the molecule is N#CC(=CNc1cc(F)c(OC2CCOCC2)c(F)c1)c1nn[nH]n1. The minimum absolute atomic E-state index is 0.0529. The Kier molecular flexibility index (Phi) is 5.15. The largest absolute Gasteiger partial charge is 0.484 e. The second-order valence-corrected chi connectivity index (χ2v) is 5.25. The quantitative estimate of drug-likeness (QED) is 0.796. The van der Waals surface area contributed by atoms with Crippen molar-refractivity contribution >= 4 is 11.3 Å². The van der Waals surface area contributed by atoms with Gasteiger partial charge in [-0.05, 0) is 5.21 Å². The highest BCUT2D eigenvalue weighted by Gasteiger charge is 2.20. The normalized spacial score (nSPS) is 15.6. The molecule has 130 valence electrons. The first-order chi connectivity index (χ1) is 12.2. The Balaban J connectivity index is 1.74. The van der Waals surface area contributed by atoms with Crippen LogP contribution in [0.4, 0.5) is 14.5 Å². The van der Waals surface area contributed by atoms with Crippen molar-refractivity contribution in [3.8, 4) is 11.8 Å². The van der Waals surface area contributed by atoms with Gasteiger partial charge in [0.05, 0.1) is 13.2 Å². The second-order valence-electron chi connectivity index (χ2n) is 5.25. The average Bonchev–Trinajstić information content (AvgIpc) is 3.14. The first-order valence-corrected chi connectivity index (χ1v) is 7.51. The first kappa shape index (κ1) is 16.8. The molecular formula is C15H14F2N6O2. The zero-order valence-corrected chi connectivity index (χ0v) is 13.0. The molecule has 3 rings (SSSR count). The fraction of sp³-hybridized carbons (Fsp3) is 0.333. The lowest BCUT2D eigenvalue weighted by molar-refractivity contribution is 0.0223. The van der Waals surface area contributed by atoms with Crippen LogP contribution in [0.5, 0.6) is 5.75 Å². The predicted octanol–water partition coefficient (Wildman–Crippen LogP) is 2.01. The number of aromatic nitrogens is 4. The summed E-state index contributed by atoms with van der Waals surface area (Å²) in [7, 11) is 0. The van der Waals surface area contributed by atoms with E-state index in [2.05, 4.69) is 25.9 Å². The summed E-state index contributed by atoms with van der Waals surface area (Å²) in [5.74, 6) is -2.02. The van der Waals surface area contributed by atoms with Crippen molar-refractivity contribution in [2.24, 2.45) is 0 Å². The van der Waals surface area contributed by atoms with Gasteiger partial charge in [0.15, 0.2) is 17.4 Å². The number of nitrogens with one attached hydrogen (secondary N) is 2. The lowest BCUT2D eigenvalue weighted by Crippen LogP contribution is -2.26. The van der Waals surface area contributed by atoms with Crippen LogP contribution in [0.25, 0.3) is 5.57 Å². The summed E-state index contributed by atoms with van der Waals surface area (Å²) >= 11 is 0. The van der Waals surface area contributed by atoms with Crippen molar-refractivity contribution in [2.75, 3.05) is 18.5 Å². The molecule has 0 spiro atoms. The van der Waals surface area contributed by atoms with Gasteiger partial charge >= 0.3 is 0 Å². The summed E-state index contributed by atoms with van der Waals surface area (Å²) in [6.45, 7) is 1.01. The Morgan fingerprint density at radius 3 is 2.68 bits per heavy atom. The number of aromatic amines is 1. The van der Waals surface area contributed by atoms with Crippen molar-refractivity contribution in [1.82, 2.24) is 20.6 Å². The average molecular weight is 348 g/mol. The van der Waals surface area contributed by atoms with E-state index in [-0.39, 0.29) is 23.2 Å². The van der Waals surface area contributed by atoms with Gasteiger partial charge in [-0.15, -0.1) is 10.2 Å². The van der Waals surface area contributed by atoms with Gasteiger partial charge in [-0.3, -0.25) is 0 Å². The minimum atomic E-state index is -0.833. The molecule has 0 unspecified atom stereocenters. The molecule has 1 saturated heterocycles. The number of nitriles is 1. The van der Waals surface area contributed by atoms with Gasteiger partial charge in [0.25, 0.3) is 0 Å². The number of ether oxygens (including phenoxy) is 2. The Morgan fingerprint density at radius 1 is 1.36 bits per heavy atom. The number of nitrogens with zero attached hydrogens (tertiary/aromatic N) is 4. The summed E-state index contributed by atoms with van der Waals surface area (Å²) in [5.41, 5.74) is 0.169. The molecule has 8 nitrogen and oxygen atoms in total. The highest BCUT2D eigenvalue weighted by atomic mass is 19.1. The van der Waals surface area contributed by atoms with Crippen LogP contribution in [0.2, 0.25) is 0 Å². The van der Waals surface area contributed by atoms with Gasteiger partial charge in [0.1, 0.15) is 17.7 Å². The Labute approximate surface area is 141 Å². The topological polar surface area (TPSA) is 109 Å². The molecule has 1 aromatic heterocycles. The Bertz CT molecular complexity index is 774. The Morgan fingerprint density at radius 2 is 2.08 bits per heavy atom. The van der Waals surface area contributed by atoms with Crippen molar-refractivity contribution < 1.29 is 18.3 Å². The van der Waals surface area contributed by atoms with Gasteiger partial charge in [0.2, 0.25) is 5.82 Å². The van der Waals surface area contributed by atoms with E-state index in [4.69, 9.17) is 14.7 Å². The molecule has 2 N–H and O–H groups in total. The Hall–Kier alpha value is -3.06. The maximum atomic E-state index is 14.2. The van der Waals surface area contributed by atoms with Crippen LogP contribution in [-0.2, 0) is 4.74 Å². The highest BCUT2D eigenvalue weighted by molar-refractivity contribution is 5.74. The van der Waals surface area contributed by atoms with Crippen LogP contribution in [0, 0.1) is 23.0 Å². The molecule has 0 aliphatic carbocycles.